The van der Waals surface area contributed by atoms with Crippen LogP contribution in [0.3, 0.4) is 0 Å². The molecule has 1 aliphatic rings. The molecule has 21 heavy (non-hydrogen) atoms. The van der Waals surface area contributed by atoms with Crippen LogP contribution in [0.5, 0.6) is 0 Å². The molecule has 1 aromatic rings. The SMILES string of the molecule is CCCC1CCCCN1S(=O)(=O)c1cccc(C(=O)O)c1. The van der Waals surface area contributed by atoms with Crippen LogP contribution in [0.1, 0.15) is 49.4 Å². The van der Waals surface area contributed by atoms with Crippen molar-refractivity contribution >= 4 is 16.0 Å². The number of carbonyl (C=O) groups is 1. The Labute approximate surface area is 125 Å². The number of carboxylic acid groups (broad SMARTS) is 1. The average Bonchev–Trinajstić information content (AvgIpc) is 2.48. The lowest BCUT2D eigenvalue weighted by atomic mass is 10.0. The summed E-state index contributed by atoms with van der Waals surface area (Å²) in [5.41, 5.74) is 0.000117. The Balaban J connectivity index is 2.35. The normalized spacial score (nSPS) is 20.3. The summed E-state index contributed by atoms with van der Waals surface area (Å²) in [6.07, 6.45) is 4.57. The van der Waals surface area contributed by atoms with Gasteiger partial charge in [-0.05, 0) is 37.5 Å². The number of rotatable bonds is 5. The second-order valence-corrected chi connectivity index (χ2v) is 7.28. The Morgan fingerprint density at radius 2 is 2.14 bits per heavy atom. The third-order valence-corrected chi connectivity index (χ3v) is 5.83. The summed E-state index contributed by atoms with van der Waals surface area (Å²) in [7, 11) is -3.62. The van der Waals surface area contributed by atoms with Crippen LogP contribution in [0.15, 0.2) is 29.2 Å². The molecule has 1 unspecified atom stereocenters. The first kappa shape index (κ1) is 16.0. The third-order valence-electron chi connectivity index (χ3n) is 3.88. The fourth-order valence-corrected chi connectivity index (χ4v) is 4.61. The van der Waals surface area contributed by atoms with Crippen LogP contribution in [0.4, 0.5) is 0 Å². The first-order valence-corrected chi connectivity index (χ1v) is 8.76. The summed E-state index contributed by atoms with van der Waals surface area (Å²) in [4.78, 5) is 11.1. The highest BCUT2D eigenvalue weighted by Crippen LogP contribution is 2.28. The summed E-state index contributed by atoms with van der Waals surface area (Å²) in [5, 5.41) is 9.01. The number of sulfonamides is 1. The highest BCUT2D eigenvalue weighted by molar-refractivity contribution is 7.89. The lowest BCUT2D eigenvalue weighted by molar-refractivity contribution is 0.0696. The number of aromatic carboxylic acids is 1. The van der Waals surface area contributed by atoms with Gasteiger partial charge < -0.3 is 5.11 Å². The topological polar surface area (TPSA) is 74.7 Å². The molecule has 0 radical (unpaired) electrons. The largest absolute Gasteiger partial charge is 0.478 e. The monoisotopic (exact) mass is 311 g/mol. The summed E-state index contributed by atoms with van der Waals surface area (Å²) < 4.78 is 27.1. The Morgan fingerprint density at radius 1 is 1.38 bits per heavy atom. The van der Waals surface area contributed by atoms with Crippen molar-refractivity contribution in [3.05, 3.63) is 29.8 Å². The van der Waals surface area contributed by atoms with Crippen molar-refractivity contribution in [1.29, 1.82) is 0 Å². The number of hydrogen-bond donors (Lipinski definition) is 1. The van der Waals surface area contributed by atoms with Gasteiger partial charge >= 0.3 is 5.97 Å². The first-order valence-electron chi connectivity index (χ1n) is 7.32. The van der Waals surface area contributed by atoms with E-state index in [0.717, 1.165) is 32.1 Å². The van der Waals surface area contributed by atoms with E-state index in [4.69, 9.17) is 5.11 Å². The number of nitrogens with zero attached hydrogens (tertiary/aromatic N) is 1. The van der Waals surface area contributed by atoms with Gasteiger partial charge in [-0.1, -0.05) is 25.8 Å². The van der Waals surface area contributed by atoms with E-state index in [-0.39, 0.29) is 16.5 Å². The molecule has 1 atom stereocenters. The van der Waals surface area contributed by atoms with Crippen LogP contribution in [0, 0.1) is 0 Å². The molecule has 1 aromatic carbocycles. The lowest BCUT2D eigenvalue weighted by Gasteiger charge is -2.34. The molecule has 0 saturated carbocycles. The van der Waals surface area contributed by atoms with E-state index < -0.39 is 16.0 Å². The maximum absolute atomic E-state index is 12.8. The number of hydrogen-bond acceptors (Lipinski definition) is 3. The summed E-state index contributed by atoms with van der Waals surface area (Å²) in [6.45, 7) is 2.56. The van der Waals surface area contributed by atoms with Crippen LogP contribution in [-0.4, -0.2) is 36.4 Å². The van der Waals surface area contributed by atoms with Crippen LogP contribution >= 0.6 is 0 Å². The van der Waals surface area contributed by atoms with E-state index in [1.807, 2.05) is 6.92 Å². The zero-order valence-electron chi connectivity index (χ0n) is 12.2. The third kappa shape index (κ3) is 3.44. The van der Waals surface area contributed by atoms with E-state index in [2.05, 4.69) is 0 Å². The van der Waals surface area contributed by atoms with E-state index >= 15 is 0 Å². The molecule has 0 bridgehead atoms. The molecular weight excluding hydrogens is 290 g/mol. The zero-order chi connectivity index (χ0) is 15.5. The Morgan fingerprint density at radius 3 is 2.81 bits per heavy atom. The molecule has 0 aromatic heterocycles. The molecule has 116 valence electrons. The first-order chi connectivity index (χ1) is 9.96. The van der Waals surface area contributed by atoms with Gasteiger partial charge in [0.15, 0.2) is 0 Å². The summed E-state index contributed by atoms with van der Waals surface area (Å²) >= 11 is 0. The van der Waals surface area contributed by atoms with Crippen LogP contribution in [0.2, 0.25) is 0 Å². The fourth-order valence-electron chi connectivity index (χ4n) is 2.84. The zero-order valence-corrected chi connectivity index (χ0v) is 13.0. The molecule has 0 amide bonds. The molecular formula is C15H21NO4S. The van der Waals surface area contributed by atoms with Gasteiger partial charge in [0.05, 0.1) is 10.5 Å². The van der Waals surface area contributed by atoms with Crippen molar-refractivity contribution in [2.24, 2.45) is 0 Å². The van der Waals surface area contributed by atoms with Crippen molar-refractivity contribution < 1.29 is 18.3 Å². The predicted molar refractivity (Wildman–Crippen MR) is 79.8 cm³/mol. The average molecular weight is 311 g/mol. The molecule has 0 spiro atoms. The van der Waals surface area contributed by atoms with Gasteiger partial charge in [-0.2, -0.15) is 4.31 Å². The minimum Gasteiger partial charge on any atom is -0.478 e. The molecule has 1 heterocycles. The van der Waals surface area contributed by atoms with Crippen LogP contribution in [0.25, 0.3) is 0 Å². The van der Waals surface area contributed by atoms with Crippen molar-refractivity contribution in [2.45, 2.75) is 50.0 Å². The van der Waals surface area contributed by atoms with Gasteiger partial charge in [0.2, 0.25) is 10.0 Å². The number of carboxylic acids is 1. The molecule has 1 saturated heterocycles. The molecule has 0 aliphatic carbocycles. The van der Waals surface area contributed by atoms with Gasteiger partial charge in [-0.3, -0.25) is 0 Å². The van der Waals surface area contributed by atoms with E-state index in [1.54, 1.807) is 4.31 Å². The Bertz CT molecular complexity index is 610. The number of piperidine rings is 1. The van der Waals surface area contributed by atoms with Crippen LogP contribution < -0.4 is 0 Å². The molecule has 1 N–H and O–H groups in total. The maximum Gasteiger partial charge on any atom is 0.335 e. The van der Waals surface area contributed by atoms with Crippen molar-refractivity contribution in [3.63, 3.8) is 0 Å². The van der Waals surface area contributed by atoms with Gasteiger partial charge in [0.1, 0.15) is 0 Å². The molecule has 6 heteroatoms. The molecule has 5 nitrogen and oxygen atoms in total. The van der Waals surface area contributed by atoms with Crippen LogP contribution in [-0.2, 0) is 10.0 Å². The second kappa shape index (κ2) is 6.58. The Hall–Kier alpha value is -1.40. The van der Waals surface area contributed by atoms with E-state index in [0.29, 0.717) is 6.54 Å². The lowest BCUT2D eigenvalue weighted by Crippen LogP contribution is -2.43. The van der Waals surface area contributed by atoms with Gasteiger partial charge in [-0.15, -0.1) is 0 Å². The molecule has 1 aliphatic heterocycles. The quantitative estimate of drug-likeness (QED) is 0.907. The fraction of sp³-hybridized carbons (Fsp3) is 0.533. The predicted octanol–water partition coefficient (Wildman–Crippen LogP) is 2.73. The van der Waals surface area contributed by atoms with Gasteiger partial charge in [0.25, 0.3) is 0 Å². The maximum atomic E-state index is 12.8. The number of benzene rings is 1. The van der Waals surface area contributed by atoms with E-state index in [9.17, 15) is 13.2 Å². The second-order valence-electron chi connectivity index (χ2n) is 5.39. The highest BCUT2D eigenvalue weighted by Gasteiger charge is 2.33. The Kier molecular flexibility index (Phi) is 5.00. The minimum atomic E-state index is -3.62. The molecule has 2 rings (SSSR count). The summed E-state index contributed by atoms with van der Waals surface area (Å²) in [6, 6.07) is 5.63. The van der Waals surface area contributed by atoms with Crippen molar-refractivity contribution in [2.75, 3.05) is 6.54 Å². The van der Waals surface area contributed by atoms with Crippen molar-refractivity contribution in [3.8, 4) is 0 Å². The van der Waals surface area contributed by atoms with Gasteiger partial charge in [0, 0.05) is 12.6 Å². The standard InChI is InChI=1S/C15H21NO4S/c1-2-6-13-8-3-4-10-16(13)21(19,20)14-9-5-7-12(11-14)15(17)18/h5,7,9,11,13H,2-4,6,8,10H2,1H3,(H,17,18). The summed E-state index contributed by atoms with van der Waals surface area (Å²) in [5.74, 6) is -1.11. The molecule has 1 fully saturated rings. The highest BCUT2D eigenvalue weighted by atomic mass is 32.2. The van der Waals surface area contributed by atoms with Gasteiger partial charge in [-0.25, -0.2) is 13.2 Å². The minimum absolute atomic E-state index is 0.000117. The van der Waals surface area contributed by atoms with Crippen molar-refractivity contribution in [1.82, 2.24) is 4.31 Å². The van der Waals surface area contributed by atoms with E-state index in [1.165, 1.54) is 24.3 Å². The smallest absolute Gasteiger partial charge is 0.335 e.